The highest BCUT2D eigenvalue weighted by molar-refractivity contribution is 5.85. The van der Waals surface area contributed by atoms with E-state index in [4.69, 9.17) is 0 Å². The summed E-state index contributed by atoms with van der Waals surface area (Å²) in [5.41, 5.74) is -0.192. The van der Waals surface area contributed by atoms with E-state index in [1.807, 2.05) is 0 Å². The first-order chi connectivity index (χ1) is 13.1. The Morgan fingerprint density at radius 1 is 1.25 bits per heavy atom. The van der Waals surface area contributed by atoms with Crippen molar-refractivity contribution in [2.24, 2.45) is 0 Å². The number of aryl methyl sites for hydroxylation is 2. The number of rotatable bonds is 3. The Kier molecular flexibility index (Phi) is 4.60. The van der Waals surface area contributed by atoms with Gasteiger partial charge in [-0.25, -0.2) is 9.67 Å². The molecule has 1 N–H and O–H groups in total. The summed E-state index contributed by atoms with van der Waals surface area (Å²) in [6.07, 6.45) is -0.374. The Morgan fingerprint density at radius 2 is 1.89 bits per heavy atom. The highest BCUT2D eigenvalue weighted by Crippen LogP contribution is 2.36. The lowest BCUT2D eigenvalue weighted by Gasteiger charge is -2.36. The molecular formula is C19H24F3N5O. The minimum Gasteiger partial charge on any atom is -0.352 e. The lowest BCUT2D eigenvalue weighted by molar-refractivity contribution is -0.136. The van der Waals surface area contributed by atoms with Gasteiger partial charge in [0, 0.05) is 23.8 Å². The number of aromatic nitrogens is 3. The fourth-order valence-corrected chi connectivity index (χ4v) is 4.75. The van der Waals surface area contributed by atoms with Crippen molar-refractivity contribution in [3.8, 4) is 0 Å². The Balaban J connectivity index is 1.55. The molecule has 2 unspecified atom stereocenters. The van der Waals surface area contributed by atoms with E-state index in [9.17, 15) is 18.0 Å². The van der Waals surface area contributed by atoms with Crippen LogP contribution in [0, 0.1) is 13.8 Å². The first-order valence-corrected chi connectivity index (χ1v) is 9.56. The molecule has 2 aliphatic rings. The number of fused-ring (bicyclic) bond motifs is 3. The molecule has 2 atom stereocenters. The predicted octanol–water partition coefficient (Wildman–Crippen LogP) is 2.81. The molecule has 2 fully saturated rings. The van der Waals surface area contributed by atoms with Gasteiger partial charge in [0.1, 0.15) is 6.54 Å². The van der Waals surface area contributed by atoms with Crippen molar-refractivity contribution < 1.29 is 18.0 Å². The number of halogens is 3. The fraction of sp³-hybridized carbons (Fsp3) is 0.632. The minimum absolute atomic E-state index is 0.0387. The van der Waals surface area contributed by atoms with Gasteiger partial charge in [0.25, 0.3) is 0 Å². The zero-order valence-electron chi connectivity index (χ0n) is 16.2. The van der Waals surface area contributed by atoms with Gasteiger partial charge in [-0.3, -0.25) is 4.79 Å². The number of nitrogens with one attached hydrogen (secondary N) is 1. The quantitative estimate of drug-likeness (QED) is 0.868. The van der Waals surface area contributed by atoms with Crippen molar-refractivity contribution in [1.82, 2.24) is 25.0 Å². The number of amides is 1. The van der Waals surface area contributed by atoms with E-state index < -0.39 is 11.7 Å². The van der Waals surface area contributed by atoms with Crippen LogP contribution in [0.4, 0.5) is 13.2 Å². The Hall–Kier alpha value is -2.16. The molecule has 6 nitrogen and oxygen atoms in total. The van der Waals surface area contributed by atoms with Gasteiger partial charge in [0.05, 0.1) is 16.6 Å². The number of piperidine rings is 1. The van der Waals surface area contributed by atoms with Crippen LogP contribution in [0.5, 0.6) is 0 Å². The third-order valence-corrected chi connectivity index (χ3v) is 6.07. The maximum absolute atomic E-state index is 13.4. The van der Waals surface area contributed by atoms with Gasteiger partial charge in [0.15, 0.2) is 5.65 Å². The smallest absolute Gasteiger partial charge is 0.352 e. The van der Waals surface area contributed by atoms with Gasteiger partial charge in [-0.15, -0.1) is 0 Å². The van der Waals surface area contributed by atoms with Crippen LogP contribution in [-0.2, 0) is 17.5 Å². The van der Waals surface area contributed by atoms with E-state index in [2.05, 4.69) is 27.3 Å². The second-order valence-corrected chi connectivity index (χ2v) is 8.04. The second kappa shape index (κ2) is 6.72. The number of alkyl halides is 3. The summed E-state index contributed by atoms with van der Waals surface area (Å²) >= 11 is 0. The first-order valence-electron chi connectivity index (χ1n) is 9.56. The van der Waals surface area contributed by atoms with Gasteiger partial charge in [-0.1, -0.05) is 0 Å². The molecule has 2 saturated heterocycles. The normalized spacial score (nSPS) is 25.4. The number of carbonyl (C=O) groups excluding carboxylic acids is 1. The molecule has 152 valence electrons. The second-order valence-electron chi connectivity index (χ2n) is 8.04. The Labute approximate surface area is 161 Å². The summed E-state index contributed by atoms with van der Waals surface area (Å²) in [6.45, 7) is 2.88. The average molecular weight is 395 g/mol. The van der Waals surface area contributed by atoms with Crippen molar-refractivity contribution in [1.29, 1.82) is 0 Å². The Morgan fingerprint density at radius 3 is 2.50 bits per heavy atom. The van der Waals surface area contributed by atoms with Gasteiger partial charge < -0.3 is 10.2 Å². The molecule has 0 aliphatic carbocycles. The monoisotopic (exact) mass is 395 g/mol. The highest BCUT2D eigenvalue weighted by Gasteiger charge is 2.39. The van der Waals surface area contributed by atoms with Crippen molar-refractivity contribution in [3.63, 3.8) is 0 Å². The molecule has 0 radical (unpaired) electrons. The van der Waals surface area contributed by atoms with E-state index in [1.165, 1.54) is 18.5 Å². The van der Waals surface area contributed by atoms with Crippen LogP contribution in [0.25, 0.3) is 11.0 Å². The van der Waals surface area contributed by atoms with Crippen molar-refractivity contribution in [2.75, 3.05) is 7.05 Å². The molecule has 1 amide bonds. The zero-order chi connectivity index (χ0) is 20.2. The van der Waals surface area contributed by atoms with Crippen molar-refractivity contribution in [2.45, 2.75) is 70.4 Å². The summed E-state index contributed by atoms with van der Waals surface area (Å²) in [4.78, 5) is 19.2. The lowest BCUT2D eigenvalue weighted by Crippen LogP contribution is -2.49. The van der Waals surface area contributed by atoms with Crippen LogP contribution in [0.3, 0.4) is 0 Å². The predicted molar refractivity (Wildman–Crippen MR) is 97.7 cm³/mol. The molecule has 9 heteroatoms. The van der Waals surface area contributed by atoms with E-state index in [0.717, 1.165) is 31.7 Å². The number of hydrogen-bond acceptors (Lipinski definition) is 4. The largest absolute Gasteiger partial charge is 0.417 e. The fourth-order valence-electron chi connectivity index (χ4n) is 4.75. The summed E-state index contributed by atoms with van der Waals surface area (Å²) in [5, 5.41) is 7.18. The molecular weight excluding hydrogens is 371 g/mol. The van der Waals surface area contributed by atoms with E-state index in [0.29, 0.717) is 12.1 Å². The van der Waals surface area contributed by atoms with E-state index >= 15 is 0 Å². The van der Waals surface area contributed by atoms with Crippen LogP contribution in [-0.4, -0.2) is 50.7 Å². The molecule has 28 heavy (non-hydrogen) atoms. The van der Waals surface area contributed by atoms with Gasteiger partial charge in [-0.2, -0.15) is 18.3 Å². The Bertz CT molecular complexity index is 908. The van der Waals surface area contributed by atoms with Crippen molar-refractivity contribution in [3.05, 3.63) is 23.0 Å². The molecule has 0 saturated carbocycles. The average Bonchev–Trinajstić information content (AvgIpc) is 2.98. The molecule has 4 heterocycles. The number of nitrogens with zero attached hydrogens (tertiary/aromatic N) is 4. The van der Waals surface area contributed by atoms with Crippen LogP contribution in [0.1, 0.15) is 42.6 Å². The van der Waals surface area contributed by atoms with Crippen molar-refractivity contribution >= 4 is 16.9 Å². The summed E-state index contributed by atoms with van der Waals surface area (Å²) < 4.78 is 41.5. The van der Waals surface area contributed by atoms with Gasteiger partial charge >= 0.3 is 6.18 Å². The maximum atomic E-state index is 13.4. The first kappa shape index (κ1) is 19.2. The van der Waals surface area contributed by atoms with E-state index in [-0.39, 0.29) is 40.9 Å². The summed E-state index contributed by atoms with van der Waals surface area (Å²) in [7, 11) is 2.13. The van der Waals surface area contributed by atoms with Crippen LogP contribution >= 0.6 is 0 Å². The van der Waals surface area contributed by atoms with Crippen LogP contribution in [0.15, 0.2) is 6.07 Å². The SMILES string of the molecule is Cc1cc(C(F)(F)F)c2c(C)nn(CC(=O)NC3CC4CCC(C3)N4C)c2n1. The summed E-state index contributed by atoms with van der Waals surface area (Å²) in [6, 6.07) is 2.12. The van der Waals surface area contributed by atoms with E-state index in [1.54, 1.807) is 0 Å². The molecule has 0 spiro atoms. The number of hydrogen-bond donors (Lipinski definition) is 1. The minimum atomic E-state index is -4.50. The zero-order valence-corrected chi connectivity index (χ0v) is 16.2. The van der Waals surface area contributed by atoms with Crippen LogP contribution in [0.2, 0.25) is 0 Å². The molecule has 2 bridgehead atoms. The van der Waals surface area contributed by atoms with Crippen LogP contribution < -0.4 is 5.32 Å². The van der Waals surface area contributed by atoms with Gasteiger partial charge in [-0.05, 0) is 52.6 Å². The van der Waals surface area contributed by atoms with Gasteiger partial charge in [0.2, 0.25) is 5.91 Å². The molecule has 2 aromatic rings. The maximum Gasteiger partial charge on any atom is 0.417 e. The highest BCUT2D eigenvalue weighted by atomic mass is 19.4. The molecule has 2 aliphatic heterocycles. The third-order valence-electron chi connectivity index (χ3n) is 6.07. The third kappa shape index (κ3) is 3.36. The number of carbonyl (C=O) groups is 1. The molecule has 0 aromatic carbocycles. The molecule has 2 aromatic heterocycles. The number of pyridine rings is 1. The summed E-state index contributed by atoms with van der Waals surface area (Å²) in [5.74, 6) is -0.241. The molecule has 4 rings (SSSR count). The lowest BCUT2D eigenvalue weighted by atomic mass is 9.98. The standard InChI is InChI=1S/C19H24F3N5O/c1-10-6-15(19(20,21)22)17-11(2)25-27(18(17)23-10)9-16(28)24-12-7-13-4-5-14(8-12)26(13)3/h6,12-14H,4-5,7-9H2,1-3H3,(H,24,28). The topological polar surface area (TPSA) is 63.1 Å².